The molecule has 0 saturated heterocycles. The summed E-state index contributed by atoms with van der Waals surface area (Å²) in [7, 11) is 1.61. The number of hydrogen-bond acceptors (Lipinski definition) is 5. The third kappa shape index (κ3) is 6.27. The molecule has 0 spiro atoms. The Morgan fingerprint density at radius 2 is 1.93 bits per heavy atom. The Balaban J connectivity index is 2.15. The molecule has 0 fully saturated rings. The van der Waals surface area contributed by atoms with Gasteiger partial charge in [-0.25, -0.2) is 4.98 Å². The van der Waals surface area contributed by atoms with Crippen LogP contribution < -0.4 is 4.74 Å². The second-order valence-corrected chi connectivity index (χ2v) is 6.80. The highest BCUT2D eigenvalue weighted by atomic mass is 19.4. The van der Waals surface area contributed by atoms with E-state index in [1.807, 2.05) is 0 Å². The van der Waals surface area contributed by atoms with Crippen molar-refractivity contribution in [1.29, 1.82) is 0 Å². The number of carbonyl (C=O) groups excluding carboxylic acids is 2. The van der Waals surface area contributed by atoms with Crippen molar-refractivity contribution >= 4 is 11.7 Å². The molecule has 0 radical (unpaired) electrons. The highest BCUT2D eigenvalue weighted by Gasteiger charge is 2.29. The van der Waals surface area contributed by atoms with E-state index in [1.165, 1.54) is 24.2 Å². The van der Waals surface area contributed by atoms with E-state index in [1.54, 1.807) is 39.1 Å². The number of ether oxygens (including phenoxy) is 1. The lowest BCUT2D eigenvalue weighted by atomic mass is 10.1. The summed E-state index contributed by atoms with van der Waals surface area (Å²) in [6, 6.07) is 4.38. The largest absolute Gasteiger partial charge is 0.468 e. The number of halogens is 3. The zero-order valence-electron chi connectivity index (χ0n) is 16.6. The maximum atomic E-state index is 12.8. The molecule has 2 heterocycles. The first kappa shape index (κ1) is 22.3. The van der Waals surface area contributed by atoms with E-state index in [0.717, 1.165) is 0 Å². The van der Waals surface area contributed by atoms with Crippen molar-refractivity contribution in [3.63, 3.8) is 0 Å². The lowest BCUT2D eigenvalue weighted by Crippen LogP contribution is -2.30. The van der Waals surface area contributed by atoms with Gasteiger partial charge in [0.25, 0.3) is 5.91 Å². The first-order chi connectivity index (χ1) is 13.5. The van der Waals surface area contributed by atoms with Crippen LogP contribution in [0.2, 0.25) is 0 Å². The highest BCUT2D eigenvalue weighted by molar-refractivity contribution is 5.94. The zero-order valence-corrected chi connectivity index (χ0v) is 16.6. The van der Waals surface area contributed by atoms with E-state index >= 15 is 0 Å². The standard InChI is InChI=1S/C20H22F3N3O3/c1-12-7-16(10-25-18(12)29-11-20(21,22)23)14(3)26(4)19(28)15-5-6-24-17(9-15)8-13(2)27/h5-7,9-10,14H,8,11H2,1-4H3. The van der Waals surface area contributed by atoms with Crippen molar-refractivity contribution in [3.8, 4) is 5.88 Å². The Kier molecular flexibility index (Phi) is 6.94. The van der Waals surface area contributed by atoms with Crippen LogP contribution in [0.3, 0.4) is 0 Å². The van der Waals surface area contributed by atoms with Gasteiger partial charge in [-0.2, -0.15) is 13.2 Å². The number of aromatic nitrogens is 2. The topological polar surface area (TPSA) is 72.4 Å². The van der Waals surface area contributed by atoms with Crippen LogP contribution in [-0.2, 0) is 11.2 Å². The molecular formula is C20H22F3N3O3. The summed E-state index contributed by atoms with van der Waals surface area (Å²) >= 11 is 0. The quantitative estimate of drug-likeness (QED) is 0.697. The molecule has 0 bridgehead atoms. The van der Waals surface area contributed by atoms with Crippen LogP contribution >= 0.6 is 0 Å². The predicted molar refractivity (Wildman–Crippen MR) is 99.7 cm³/mol. The third-order valence-corrected chi connectivity index (χ3v) is 4.30. The normalized spacial score (nSPS) is 12.4. The lowest BCUT2D eigenvalue weighted by Gasteiger charge is -2.26. The van der Waals surface area contributed by atoms with Crippen molar-refractivity contribution < 1.29 is 27.5 Å². The number of pyridine rings is 2. The van der Waals surface area contributed by atoms with Gasteiger partial charge < -0.3 is 9.64 Å². The lowest BCUT2D eigenvalue weighted by molar-refractivity contribution is -0.154. The van der Waals surface area contributed by atoms with Gasteiger partial charge in [0, 0.05) is 42.7 Å². The van der Waals surface area contributed by atoms with Gasteiger partial charge in [0.15, 0.2) is 6.61 Å². The van der Waals surface area contributed by atoms with Gasteiger partial charge in [-0.05, 0) is 44.5 Å². The van der Waals surface area contributed by atoms with Gasteiger partial charge in [-0.3, -0.25) is 14.6 Å². The average molecular weight is 409 g/mol. The molecule has 0 saturated carbocycles. The summed E-state index contributed by atoms with van der Waals surface area (Å²) in [6.45, 7) is 3.40. The summed E-state index contributed by atoms with van der Waals surface area (Å²) in [5.74, 6) is -0.437. The number of ketones is 1. The van der Waals surface area contributed by atoms with Gasteiger partial charge in [0.2, 0.25) is 5.88 Å². The second-order valence-electron chi connectivity index (χ2n) is 6.80. The van der Waals surface area contributed by atoms with Crippen LogP contribution in [-0.4, -0.2) is 46.4 Å². The number of amides is 1. The molecule has 0 aliphatic carbocycles. The molecule has 0 aromatic carbocycles. The molecule has 2 aromatic rings. The number of Topliss-reactive ketones (excluding diaryl/α,β-unsaturated/α-hetero) is 1. The molecular weight excluding hydrogens is 387 g/mol. The van der Waals surface area contributed by atoms with Gasteiger partial charge in [0.1, 0.15) is 5.78 Å². The smallest absolute Gasteiger partial charge is 0.422 e. The minimum Gasteiger partial charge on any atom is -0.468 e. The molecule has 2 rings (SSSR count). The zero-order chi connectivity index (χ0) is 21.8. The Morgan fingerprint density at radius 3 is 2.52 bits per heavy atom. The molecule has 29 heavy (non-hydrogen) atoms. The molecule has 0 aliphatic rings. The first-order valence-electron chi connectivity index (χ1n) is 8.85. The summed E-state index contributed by atoms with van der Waals surface area (Å²) in [4.78, 5) is 33.6. The van der Waals surface area contributed by atoms with Crippen LogP contribution in [0.4, 0.5) is 13.2 Å². The van der Waals surface area contributed by atoms with E-state index < -0.39 is 18.8 Å². The van der Waals surface area contributed by atoms with Gasteiger partial charge in [0.05, 0.1) is 6.04 Å². The van der Waals surface area contributed by atoms with Crippen LogP contribution in [0.15, 0.2) is 30.6 Å². The molecule has 0 aliphatic heterocycles. The number of hydrogen-bond donors (Lipinski definition) is 0. The molecule has 0 N–H and O–H groups in total. The fraction of sp³-hybridized carbons (Fsp3) is 0.400. The number of rotatable bonds is 7. The van der Waals surface area contributed by atoms with E-state index in [4.69, 9.17) is 4.74 Å². The molecule has 2 aromatic heterocycles. The molecule has 1 atom stereocenters. The molecule has 156 valence electrons. The van der Waals surface area contributed by atoms with Gasteiger partial charge >= 0.3 is 6.18 Å². The molecule has 9 heteroatoms. The molecule has 1 amide bonds. The Morgan fingerprint density at radius 1 is 1.24 bits per heavy atom. The number of aryl methyl sites for hydroxylation is 1. The third-order valence-electron chi connectivity index (χ3n) is 4.30. The van der Waals surface area contributed by atoms with Gasteiger partial charge in [-0.1, -0.05) is 0 Å². The molecule has 6 nitrogen and oxygen atoms in total. The van der Waals surface area contributed by atoms with Crippen molar-refractivity contribution in [2.75, 3.05) is 13.7 Å². The van der Waals surface area contributed by atoms with Crippen LogP contribution in [0, 0.1) is 6.92 Å². The van der Waals surface area contributed by atoms with Crippen LogP contribution in [0.1, 0.15) is 47.1 Å². The number of alkyl halides is 3. The fourth-order valence-electron chi connectivity index (χ4n) is 2.68. The maximum absolute atomic E-state index is 12.8. The van der Waals surface area contributed by atoms with Crippen molar-refractivity contribution in [2.24, 2.45) is 0 Å². The van der Waals surface area contributed by atoms with E-state index in [-0.39, 0.29) is 24.0 Å². The SMILES string of the molecule is CC(=O)Cc1cc(C(=O)N(C)C(C)c2cnc(OCC(F)(F)F)c(C)c2)ccn1. The maximum Gasteiger partial charge on any atom is 0.422 e. The first-order valence-corrected chi connectivity index (χ1v) is 8.85. The summed E-state index contributed by atoms with van der Waals surface area (Å²) in [5.41, 5.74) is 1.98. The second kappa shape index (κ2) is 9.02. The van der Waals surface area contributed by atoms with Crippen LogP contribution in [0.5, 0.6) is 5.88 Å². The van der Waals surface area contributed by atoms with E-state index in [9.17, 15) is 22.8 Å². The van der Waals surface area contributed by atoms with E-state index in [0.29, 0.717) is 22.4 Å². The Bertz CT molecular complexity index is 900. The number of carbonyl (C=O) groups is 2. The van der Waals surface area contributed by atoms with E-state index in [2.05, 4.69) is 9.97 Å². The minimum atomic E-state index is -4.45. The van der Waals surface area contributed by atoms with Gasteiger partial charge in [-0.15, -0.1) is 0 Å². The van der Waals surface area contributed by atoms with Crippen molar-refractivity contribution in [3.05, 3.63) is 53.0 Å². The predicted octanol–water partition coefficient (Wildman–Crippen LogP) is 3.69. The number of nitrogens with zero attached hydrogens (tertiary/aromatic N) is 3. The Labute approximate surface area is 166 Å². The summed E-state index contributed by atoms with van der Waals surface area (Å²) in [5, 5.41) is 0. The minimum absolute atomic E-state index is 0.0572. The average Bonchev–Trinajstić information content (AvgIpc) is 2.64. The summed E-state index contributed by atoms with van der Waals surface area (Å²) in [6.07, 6.45) is -1.44. The van der Waals surface area contributed by atoms with Crippen molar-refractivity contribution in [2.45, 2.75) is 39.4 Å². The van der Waals surface area contributed by atoms with Crippen molar-refractivity contribution in [1.82, 2.24) is 14.9 Å². The highest BCUT2D eigenvalue weighted by Crippen LogP contribution is 2.25. The summed E-state index contributed by atoms with van der Waals surface area (Å²) < 4.78 is 41.7. The van der Waals surface area contributed by atoms with Crippen LogP contribution in [0.25, 0.3) is 0 Å². The fourth-order valence-corrected chi connectivity index (χ4v) is 2.68. The monoisotopic (exact) mass is 409 g/mol. The molecule has 1 unspecified atom stereocenters. The Hall–Kier alpha value is -2.97.